The van der Waals surface area contributed by atoms with Gasteiger partial charge in [0.2, 0.25) is 0 Å². The SMILES string of the molecule is COCCOCC(C)(C)OC(=O)n1c2ccc3c(=O)c4ccccc4c(=O)c3c2n(C(=O)OC(C)(C)COCCOC)c2ccc3c(=O)c4ccccc4c(=O)c3c21. The molecular weight excluding hydrogens is 748 g/mol. The molecule has 7 aromatic rings. The van der Waals surface area contributed by atoms with Crippen LogP contribution in [-0.4, -0.2) is 86.4 Å². The maximum absolute atomic E-state index is 14.9. The van der Waals surface area contributed by atoms with Crippen LogP contribution in [-0.2, 0) is 28.4 Å². The van der Waals surface area contributed by atoms with Crippen LogP contribution in [0.4, 0.5) is 9.59 Å². The van der Waals surface area contributed by atoms with E-state index in [1.807, 2.05) is 0 Å². The second kappa shape index (κ2) is 15.7. The zero-order valence-corrected chi connectivity index (χ0v) is 33.0. The van der Waals surface area contributed by atoms with E-state index in [9.17, 15) is 28.8 Å². The molecule has 0 spiro atoms. The van der Waals surface area contributed by atoms with Gasteiger partial charge in [-0.1, -0.05) is 48.5 Å². The van der Waals surface area contributed by atoms with E-state index >= 15 is 0 Å². The van der Waals surface area contributed by atoms with Crippen LogP contribution in [0.1, 0.15) is 27.7 Å². The van der Waals surface area contributed by atoms with E-state index in [1.165, 1.54) is 50.6 Å². The lowest BCUT2D eigenvalue weighted by molar-refractivity contribution is -0.0422. The number of fused-ring (bicyclic) bond motifs is 8. The van der Waals surface area contributed by atoms with Gasteiger partial charge in [-0.25, -0.2) is 18.7 Å². The van der Waals surface area contributed by atoms with Crippen molar-refractivity contribution in [3.63, 3.8) is 0 Å². The van der Waals surface area contributed by atoms with Crippen LogP contribution in [0.15, 0.2) is 92.0 Å². The molecule has 0 fully saturated rings. The molecule has 0 aliphatic rings. The molecule has 0 radical (unpaired) electrons. The molecule has 1 heterocycles. The third-order valence-electron chi connectivity index (χ3n) is 9.87. The van der Waals surface area contributed by atoms with Crippen LogP contribution in [0.25, 0.3) is 65.2 Å². The Hall–Kier alpha value is -6.06. The first-order valence-corrected chi connectivity index (χ1v) is 18.6. The van der Waals surface area contributed by atoms with Crippen LogP contribution in [0.5, 0.6) is 0 Å². The first kappa shape index (κ1) is 40.1. The number of nitrogens with zero attached hydrogens (tertiary/aromatic N) is 2. The molecular formula is C44H42N2O12. The van der Waals surface area contributed by atoms with Crippen molar-refractivity contribution in [3.8, 4) is 0 Å². The van der Waals surface area contributed by atoms with Crippen molar-refractivity contribution in [2.45, 2.75) is 38.9 Å². The summed E-state index contributed by atoms with van der Waals surface area (Å²) in [5.41, 5.74) is -5.20. The minimum atomic E-state index is -1.27. The lowest BCUT2D eigenvalue weighted by Crippen LogP contribution is -2.37. The van der Waals surface area contributed by atoms with Crippen LogP contribution >= 0.6 is 0 Å². The van der Waals surface area contributed by atoms with Crippen molar-refractivity contribution >= 4 is 77.3 Å². The van der Waals surface area contributed by atoms with E-state index in [0.717, 1.165) is 9.13 Å². The zero-order chi connectivity index (χ0) is 41.5. The Morgan fingerprint density at radius 2 is 0.828 bits per heavy atom. The molecule has 0 saturated carbocycles. The van der Waals surface area contributed by atoms with Gasteiger partial charge in [0.1, 0.15) is 11.2 Å². The summed E-state index contributed by atoms with van der Waals surface area (Å²) in [6.45, 7) is 7.41. The number of carbonyl (C=O) groups excluding carboxylic acids is 2. The molecule has 0 aliphatic carbocycles. The maximum Gasteiger partial charge on any atom is 0.419 e. The van der Waals surface area contributed by atoms with Crippen molar-refractivity contribution in [1.29, 1.82) is 0 Å². The summed E-state index contributed by atoms with van der Waals surface area (Å²) in [4.78, 5) is 87.1. The van der Waals surface area contributed by atoms with Gasteiger partial charge in [0.15, 0.2) is 21.7 Å². The number of ether oxygens (including phenoxy) is 6. The van der Waals surface area contributed by atoms with E-state index in [0.29, 0.717) is 13.2 Å². The maximum atomic E-state index is 14.9. The summed E-state index contributed by atoms with van der Waals surface area (Å²) >= 11 is 0. The standard InChI is InChI=1S/C44H42N2O12/c1-43(2,23-55-21-19-53-5)57-41(51)45-31-17-15-30-34(40(50)28-14-10-8-12-26(28)38(30)48)36(31)46(42(52)58-44(3,4)24-56-22-20-54-6)32-18-16-29-33(35(32)45)39(49)27-13-9-7-11-25(27)37(29)47/h7-18H,19-24H2,1-6H3. The molecule has 1 aromatic heterocycles. The third-order valence-corrected chi connectivity index (χ3v) is 9.87. The lowest BCUT2D eigenvalue weighted by atomic mass is 9.98. The van der Waals surface area contributed by atoms with Gasteiger partial charge in [-0.2, -0.15) is 0 Å². The summed E-state index contributed by atoms with van der Waals surface area (Å²) in [6, 6.07) is 18.2. The fourth-order valence-electron chi connectivity index (χ4n) is 7.29. The van der Waals surface area contributed by atoms with Gasteiger partial charge in [0, 0.05) is 46.5 Å². The number of benzene rings is 6. The van der Waals surface area contributed by atoms with Gasteiger partial charge in [-0.15, -0.1) is 0 Å². The lowest BCUT2D eigenvalue weighted by Gasteiger charge is -2.29. The second-order valence-electron chi connectivity index (χ2n) is 15.1. The Morgan fingerprint density at radius 3 is 1.17 bits per heavy atom. The van der Waals surface area contributed by atoms with E-state index in [4.69, 9.17) is 28.4 Å². The molecule has 0 amide bonds. The summed E-state index contributed by atoms with van der Waals surface area (Å²) < 4.78 is 35.9. The third kappa shape index (κ3) is 7.08. The monoisotopic (exact) mass is 790 g/mol. The van der Waals surface area contributed by atoms with Crippen LogP contribution in [0.2, 0.25) is 0 Å². The Balaban J connectivity index is 1.65. The zero-order valence-electron chi connectivity index (χ0n) is 33.0. The van der Waals surface area contributed by atoms with Gasteiger partial charge in [0.25, 0.3) is 0 Å². The largest absolute Gasteiger partial charge is 0.440 e. The normalized spacial score (nSPS) is 12.4. The Morgan fingerprint density at radius 1 is 0.483 bits per heavy atom. The second-order valence-corrected chi connectivity index (χ2v) is 15.1. The Labute approximate surface area is 330 Å². The minimum absolute atomic E-state index is 0.0239. The molecule has 0 unspecified atom stereocenters. The van der Waals surface area contributed by atoms with Crippen molar-refractivity contribution in [1.82, 2.24) is 9.13 Å². The molecule has 14 nitrogen and oxygen atoms in total. The van der Waals surface area contributed by atoms with Crippen molar-refractivity contribution < 1.29 is 38.0 Å². The summed E-state index contributed by atoms with van der Waals surface area (Å²) in [5.74, 6) is 0. The van der Waals surface area contributed by atoms with Crippen LogP contribution in [0, 0.1) is 0 Å². The number of rotatable bonds is 12. The van der Waals surface area contributed by atoms with E-state index in [2.05, 4.69) is 0 Å². The fraction of sp³-hybridized carbons (Fsp3) is 0.318. The molecule has 0 N–H and O–H groups in total. The first-order valence-electron chi connectivity index (χ1n) is 18.6. The van der Waals surface area contributed by atoms with Gasteiger partial charge in [0.05, 0.1) is 72.5 Å². The van der Waals surface area contributed by atoms with Crippen molar-refractivity contribution in [3.05, 3.63) is 114 Å². The molecule has 0 saturated heterocycles. The van der Waals surface area contributed by atoms with E-state index in [-0.39, 0.29) is 91.6 Å². The summed E-state index contributed by atoms with van der Waals surface area (Å²) in [6.07, 6.45) is -2.05. The predicted molar refractivity (Wildman–Crippen MR) is 221 cm³/mol. The van der Waals surface area contributed by atoms with Gasteiger partial charge >= 0.3 is 12.2 Å². The van der Waals surface area contributed by atoms with E-state index in [1.54, 1.807) is 64.1 Å². The predicted octanol–water partition coefficient (Wildman–Crippen LogP) is 5.94. The Bertz CT molecular complexity index is 2820. The smallest absolute Gasteiger partial charge is 0.419 e. The van der Waals surface area contributed by atoms with Gasteiger partial charge in [-0.05, 0) is 52.0 Å². The molecule has 58 heavy (non-hydrogen) atoms. The van der Waals surface area contributed by atoms with Gasteiger partial charge < -0.3 is 28.4 Å². The highest BCUT2D eigenvalue weighted by molar-refractivity contribution is 6.20. The van der Waals surface area contributed by atoms with Crippen LogP contribution in [0.3, 0.4) is 0 Å². The number of hydrogen-bond donors (Lipinski definition) is 0. The topological polar surface area (TPSA) is 168 Å². The number of aromatic nitrogens is 2. The van der Waals surface area contributed by atoms with Crippen LogP contribution < -0.4 is 21.7 Å². The molecule has 0 aliphatic heterocycles. The first-order chi connectivity index (χ1) is 27.7. The Kier molecular flexibility index (Phi) is 10.9. The average Bonchev–Trinajstić information content (AvgIpc) is 3.20. The molecule has 7 rings (SSSR count). The quantitative estimate of drug-likeness (QED) is 0.0813. The summed E-state index contributed by atoms with van der Waals surface area (Å²) in [5, 5.41) is 0.113. The minimum Gasteiger partial charge on any atom is -0.440 e. The highest BCUT2D eigenvalue weighted by Crippen LogP contribution is 2.34. The van der Waals surface area contributed by atoms with Crippen molar-refractivity contribution in [2.24, 2.45) is 0 Å². The average molecular weight is 791 g/mol. The summed E-state index contributed by atoms with van der Waals surface area (Å²) in [7, 11) is 3.05. The van der Waals surface area contributed by atoms with Gasteiger partial charge in [-0.3, -0.25) is 19.2 Å². The fourth-order valence-corrected chi connectivity index (χ4v) is 7.29. The molecule has 0 bridgehead atoms. The molecule has 0 atom stereocenters. The highest BCUT2D eigenvalue weighted by Gasteiger charge is 2.33. The molecule has 300 valence electrons. The number of methoxy groups -OCH3 is 2. The highest BCUT2D eigenvalue weighted by atomic mass is 16.6. The molecule has 14 heteroatoms. The van der Waals surface area contributed by atoms with E-state index < -0.39 is 45.1 Å². The molecule has 6 aromatic carbocycles. The number of carbonyl (C=O) groups is 2. The number of hydrogen-bond acceptors (Lipinski definition) is 12. The van der Waals surface area contributed by atoms with Crippen molar-refractivity contribution in [2.75, 3.05) is 53.9 Å².